The van der Waals surface area contributed by atoms with Gasteiger partial charge >= 0.3 is 0 Å². The third-order valence-electron chi connectivity index (χ3n) is 6.31. The lowest BCUT2D eigenvalue weighted by Crippen LogP contribution is -2.55. The molecule has 1 heterocycles. The summed E-state index contributed by atoms with van der Waals surface area (Å²) < 4.78 is 61.4. The summed E-state index contributed by atoms with van der Waals surface area (Å²) in [6.07, 6.45) is 0.328. The van der Waals surface area contributed by atoms with Crippen LogP contribution in [0.25, 0.3) is 0 Å². The van der Waals surface area contributed by atoms with E-state index in [1.54, 1.807) is 6.92 Å². The molecule has 0 spiro atoms. The van der Waals surface area contributed by atoms with E-state index in [-0.39, 0.29) is 29.2 Å². The van der Waals surface area contributed by atoms with Crippen LogP contribution < -0.4 is 4.74 Å². The molecule has 29 heavy (non-hydrogen) atoms. The average Bonchev–Trinajstić information content (AvgIpc) is 2.69. The van der Waals surface area contributed by atoms with Crippen LogP contribution in [0, 0.1) is 23.5 Å². The Labute approximate surface area is 173 Å². The molecule has 1 aliphatic carbocycles. The second kappa shape index (κ2) is 7.22. The zero-order valence-corrected chi connectivity index (χ0v) is 17.3. The Hall–Kier alpha value is -1.70. The first kappa shape index (κ1) is 20.6. The number of hydrogen-bond acceptors (Lipinski definition) is 4. The van der Waals surface area contributed by atoms with Gasteiger partial charge < -0.3 is 9.84 Å². The Balaban J connectivity index is 2.04. The van der Waals surface area contributed by atoms with E-state index in [2.05, 4.69) is 0 Å². The van der Waals surface area contributed by atoms with Gasteiger partial charge in [0.05, 0.1) is 23.2 Å². The van der Waals surface area contributed by atoms with Crippen molar-refractivity contribution in [3.05, 3.63) is 58.6 Å². The molecule has 0 saturated heterocycles. The zero-order chi connectivity index (χ0) is 21.0. The first-order valence-corrected chi connectivity index (χ1v) is 11.4. The fourth-order valence-corrected chi connectivity index (χ4v) is 7.57. The first-order chi connectivity index (χ1) is 13.7. The van der Waals surface area contributed by atoms with Gasteiger partial charge in [0.25, 0.3) is 0 Å². The minimum atomic E-state index is -4.18. The fourth-order valence-electron chi connectivity index (χ4n) is 5.01. The fraction of sp³-hybridized carbons (Fsp3) is 0.429. The maximum absolute atomic E-state index is 15.1. The molecule has 0 bridgehead atoms. The smallest absolute Gasteiger partial charge is 0.188 e. The molecule has 2 aromatic rings. The molecule has 1 saturated carbocycles. The van der Waals surface area contributed by atoms with E-state index >= 15 is 4.39 Å². The highest BCUT2D eigenvalue weighted by Crippen LogP contribution is 2.58. The summed E-state index contributed by atoms with van der Waals surface area (Å²) >= 11 is 5.92. The van der Waals surface area contributed by atoms with Crippen molar-refractivity contribution in [2.24, 2.45) is 11.8 Å². The zero-order valence-electron chi connectivity index (χ0n) is 15.7. The molecule has 8 heteroatoms. The normalized spacial score (nSPS) is 27.5. The van der Waals surface area contributed by atoms with Crippen LogP contribution >= 0.6 is 11.6 Å². The summed E-state index contributed by atoms with van der Waals surface area (Å²) in [5.74, 6) is -3.13. The van der Waals surface area contributed by atoms with Crippen molar-refractivity contribution < 1.29 is 27.0 Å². The van der Waals surface area contributed by atoms with Gasteiger partial charge in [-0.3, -0.25) is 0 Å². The number of hydrogen-bond donors (Lipinski definition) is 1. The molecule has 4 rings (SSSR count). The molecular formula is C21H21ClF2O4S. The van der Waals surface area contributed by atoms with Crippen LogP contribution in [0.3, 0.4) is 0 Å². The molecule has 0 amide bonds. The standard InChI is InChI=1S/C21H21ClF2O4S/c1-12(25)15-3-2-10-21(29(26,27)14-6-4-13(22)5-7-14)16(15)11-28-20-18(24)9-8-17(23)19(20)21/h4-9,12,15-16,25H,2-3,10-11H2,1H3/t12-,15-,16?,21-/m0/s1. The molecule has 1 unspecified atom stereocenters. The molecule has 2 aliphatic rings. The van der Waals surface area contributed by atoms with Crippen molar-refractivity contribution in [2.75, 3.05) is 6.61 Å². The second-order valence-corrected chi connectivity index (χ2v) is 10.4. The van der Waals surface area contributed by atoms with Gasteiger partial charge in [0, 0.05) is 10.9 Å². The summed E-state index contributed by atoms with van der Waals surface area (Å²) in [6, 6.07) is 7.54. The average molecular weight is 443 g/mol. The topological polar surface area (TPSA) is 63.6 Å². The van der Waals surface area contributed by atoms with E-state index in [1.165, 1.54) is 24.3 Å². The Kier molecular flexibility index (Phi) is 5.12. The van der Waals surface area contributed by atoms with E-state index < -0.39 is 44.2 Å². The van der Waals surface area contributed by atoms with E-state index in [4.69, 9.17) is 16.3 Å². The lowest BCUT2D eigenvalue weighted by molar-refractivity contribution is 0.00347. The summed E-state index contributed by atoms with van der Waals surface area (Å²) in [5, 5.41) is 10.7. The highest BCUT2D eigenvalue weighted by Gasteiger charge is 2.61. The highest BCUT2D eigenvalue weighted by atomic mass is 35.5. The maximum atomic E-state index is 15.1. The Morgan fingerprint density at radius 3 is 2.48 bits per heavy atom. The van der Waals surface area contributed by atoms with Gasteiger partial charge in [-0.2, -0.15) is 0 Å². The number of halogens is 3. The number of aliphatic hydroxyl groups is 1. The van der Waals surface area contributed by atoms with Gasteiger partial charge in [0.15, 0.2) is 21.4 Å². The number of benzene rings is 2. The minimum Gasteiger partial charge on any atom is -0.490 e. The maximum Gasteiger partial charge on any atom is 0.188 e. The van der Waals surface area contributed by atoms with Crippen molar-refractivity contribution in [2.45, 2.75) is 41.9 Å². The minimum absolute atomic E-state index is 0.0188. The molecule has 1 aliphatic heterocycles. The van der Waals surface area contributed by atoms with E-state index in [9.17, 15) is 17.9 Å². The molecule has 4 nitrogen and oxygen atoms in total. The van der Waals surface area contributed by atoms with Crippen LogP contribution in [0.1, 0.15) is 31.7 Å². The van der Waals surface area contributed by atoms with Crippen molar-refractivity contribution in [3.8, 4) is 5.75 Å². The molecule has 2 aromatic carbocycles. The Bertz CT molecular complexity index is 1040. The first-order valence-electron chi connectivity index (χ1n) is 9.49. The number of rotatable bonds is 3. The van der Waals surface area contributed by atoms with E-state index in [0.717, 1.165) is 12.1 Å². The van der Waals surface area contributed by atoms with E-state index in [1.807, 2.05) is 0 Å². The summed E-state index contributed by atoms with van der Waals surface area (Å²) in [4.78, 5) is -0.0188. The van der Waals surface area contributed by atoms with Crippen LogP contribution in [-0.4, -0.2) is 26.2 Å². The van der Waals surface area contributed by atoms with Gasteiger partial charge in [0.1, 0.15) is 10.6 Å². The third-order valence-corrected chi connectivity index (χ3v) is 9.13. The van der Waals surface area contributed by atoms with Crippen molar-refractivity contribution in [1.29, 1.82) is 0 Å². The lowest BCUT2D eigenvalue weighted by Gasteiger charge is -2.51. The van der Waals surface area contributed by atoms with Gasteiger partial charge in [-0.15, -0.1) is 0 Å². The number of sulfone groups is 1. The summed E-state index contributed by atoms with van der Waals surface area (Å²) in [6.45, 7) is 1.48. The predicted octanol–water partition coefficient (Wildman–Crippen LogP) is 4.48. The van der Waals surface area contributed by atoms with Crippen LogP contribution in [0.5, 0.6) is 5.75 Å². The third kappa shape index (κ3) is 2.97. The molecule has 0 aromatic heterocycles. The Morgan fingerprint density at radius 2 is 1.83 bits per heavy atom. The van der Waals surface area contributed by atoms with Crippen LogP contribution in [0.4, 0.5) is 8.78 Å². The monoisotopic (exact) mass is 442 g/mol. The van der Waals surface area contributed by atoms with Crippen molar-refractivity contribution in [1.82, 2.24) is 0 Å². The summed E-state index contributed by atoms with van der Waals surface area (Å²) in [7, 11) is -4.18. The molecule has 156 valence electrons. The molecular weight excluding hydrogens is 422 g/mol. The number of aliphatic hydroxyl groups excluding tert-OH is 1. The van der Waals surface area contributed by atoms with Crippen LogP contribution in [0.15, 0.2) is 41.3 Å². The van der Waals surface area contributed by atoms with Crippen LogP contribution in [0.2, 0.25) is 5.02 Å². The highest BCUT2D eigenvalue weighted by molar-refractivity contribution is 7.92. The van der Waals surface area contributed by atoms with Crippen LogP contribution in [-0.2, 0) is 14.6 Å². The van der Waals surface area contributed by atoms with E-state index in [0.29, 0.717) is 17.9 Å². The molecule has 1 N–H and O–H groups in total. The second-order valence-electron chi connectivity index (χ2n) is 7.79. The van der Waals surface area contributed by atoms with Gasteiger partial charge in [-0.05, 0) is 62.1 Å². The SMILES string of the molecule is C[C@H](O)[C@@H]1CCC[C@@]2(S(=O)(=O)c3ccc(Cl)cc3)c3c(F)ccc(F)c3OCC12. The molecule has 0 radical (unpaired) electrons. The van der Waals surface area contributed by atoms with Crippen molar-refractivity contribution >= 4 is 21.4 Å². The largest absolute Gasteiger partial charge is 0.490 e. The molecule has 1 fully saturated rings. The molecule has 4 atom stereocenters. The van der Waals surface area contributed by atoms with Gasteiger partial charge in [0.2, 0.25) is 0 Å². The lowest BCUT2D eigenvalue weighted by atomic mass is 9.66. The predicted molar refractivity (Wildman–Crippen MR) is 105 cm³/mol. The number of fused-ring (bicyclic) bond motifs is 3. The Morgan fingerprint density at radius 1 is 1.17 bits per heavy atom. The quantitative estimate of drug-likeness (QED) is 0.761. The number of ether oxygens (including phenoxy) is 1. The summed E-state index contributed by atoms with van der Waals surface area (Å²) in [5.41, 5.74) is -0.269. The van der Waals surface area contributed by atoms with Crippen molar-refractivity contribution in [3.63, 3.8) is 0 Å². The van der Waals surface area contributed by atoms with Gasteiger partial charge in [-0.25, -0.2) is 17.2 Å². The van der Waals surface area contributed by atoms with Gasteiger partial charge in [-0.1, -0.05) is 18.0 Å².